The molecule has 0 aromatic rings. The molecular weight excluding hydrogens is 268 g/mol. The van der Waals surface area contributed by atoms with Crippen LogP contribution in [0, 0.1) is 0 Å². The number of amides is 2. The molecule has 8 heteroatoms. The molecule has 1 unspecified atom stereocenters. The van der Waals surface area contributed by atoms with Gasteiger partial charge in [-0.05, 0) is 19.3 Å². The molecule has 4 N–H and O–H groups in total. The zero-order valence-corrected chi connectivity index (χ0v) is 11.1. The number of carbonyl (C=O) groups is 4. The second-order valence-corrected chi connectivity index (χ2v) is 4.27. The molecule has 0 bridgehead atoms. The number of hydrogen-bond acceptors (Lipinski definition) is 4. The molecule has 0 rings (SSSR count). The Morgan fingerprint density at radius 1 is 1.05 bits per heavy atom. The van der Waals surface area contributed by atoms with E-state index in [-0.39, 0.29) is 19.3 Å². The van der Waals surface area contributed by atoms with Crippen molar-refractivity contribution >= 4 is 24.3 Å². The second-order valence-electron chi connectivity index (χ2n) is 4.27. The first-order valence-corrected chi connectivity index (χ1v) is 6.38. The molecule has 20 heavy (non-hydrogen) atoms. The first kappa shape index (κ1) is 17.9. The maximum atomic E-state index is 11.5. The first-order valence-electron chi connectivity index (χ1n) is 6.38. The average Bonchev–Trinajstić information content (AvgIpc) is 2.38. The van der Waals surface area contributed by atoms with Gasteiger partial charge in [0.05, 0.1) is 0 Å². The van der Waals surface area contributed by atoms with Crippen LogP contribution in [0.2, 0.25) is 0 Å². The number of hydrogen-bond donors (Lipinski definition) is 4. The minimum absolute atomic E-state index is 0.139. The largest absolute Gasteiger partial charge is 0.481 e. The summed E-state index contributed by atoms with van der Waals surface area (Å²) in [6.45, 7) is 0.543. The number of carboxylic acid groups (broad SMARTS) is 2. The third-order valence-electron chi connectivity index (χ3n) is 2.59. The SMILES string of the molecule is O=CNCCCCCC(=O)NC(CCC(=O)O)C(=O)O. The van der Waals surface area contributed by atoms with E-state index in [1.807, 2.05) is 0 Å². The molecule has 0 heterocycles. The predicted molar refractivity (Wildman–Crippen MR) is 69.0 cm³/mol. The minimum Gasteiger partial charge on any atom is -0.481 e. The maximum absolute atomic E-state index is 11.5. The zero-order chi connectivity index (χ0) is 15.4. The Hall–Kier alpha value is -2.12. The summed E-state index contributed by atoms with van der Waals surface area (Å²) >= 11 is 0. The minimum atomic E-state index is -1.24. The van der Waals surface area contributed by atoms with Crippen molar-refractivity contribution in [1.82, 2.24) is 10.6 Å². The van der Waals surface area contributed by atoms with Gasteiger partial charge in [0, 0.05) is 19.4 Å². The van der Waals surface area contributed by atoms with Gasteiger partial charge in [0.25, 0.3) is 0 Å². The fourth-order valence-corrected chi connectivity index (χ4v) is 1.54. The van der Waals surface area contributed by atoms with Crippen LogP contribution in [-0.4, -0.2) is 47.1 Å². The molecular formula is C12H20N2O6. The second kappa shape index (κ2) is 10.8. The lowest BCUT2D eigenvalue weighted by Crippen LogP contribution is -2.41. The summed E-state index contributed by atoms with van der Waals surface area (Å²) in [7, 11) is 0. The molecule has 0 saturated carbocycles. The van der Waals surface area contributed by atoms with E-state index in [4.69, 9.17) is 10.2 Å². The predicted octanol–water partition coefficient (Wildman–Crippen LogP) is -0.273. The summed E-state index contributed by atoms with van der Waals surface area (Å²) < 4.78 is 0. The van der Waals surface area contributed by atoms with Gasteiger partial charge in [-0.1, -0.05) is 6.42 Å². The molecule has 0 radical (unpaired) electrons. The summed E-state index contributed by atoms with van der Waals surface area (Å²) in [5, 5.41) is 22.1. The van der Waals surface area contributed by atoms with E-state index in [2.05, 4.69) is 10.6 Å². The van der Waals surface area contributed by atoms with Crippen molar-refractivity contribution in [3.63, 3.8) is 0 Å². The molecule has 0 saturated heterocycles. The van der Waals surface area contributed by atoms with E-state index in [1.165, 1.54) is 0 Å². The number of nitrogens with one attached hydrogen (secondary N) is 2. The van der Waals surface area contributed by atoms with Crippen LogP contribution in [0.15, 0.2) is 0 Å². The van der Waals surface area contributed by atoms with E-state index in [0.29, 0.717) is 19.4 Å². The summed E-state index contributed by atoms with van der Waals surface area (Å²) in [4.78, 5) is 42.7. The molecule has 8 nitrogen and oxygen atoms in total. The highest BCUT2D eigenvalue weighted by Crippen LogP contribution is 2.02. The molecule has 0 aromatic carbocycles. The molecule has 0 aliphatic heterocycles. The highest BCUT2D eigenvalue weighted by molar-refractivity contribution is 5.83. The summed E-state index contributed by atoms with van der Waals surface area (Å²) in [6, 6.07) is -1.17. The zero-order valence-electron chi connectivity index (χ0n) is 11.1. The summed E-state index contributed by atoms with van der Waals surface area (Å²) in [5.41, 5.74) is 0. The van der Waals surface area contributed by atoms with Crippen molar-refractivity contribution < 1.29 is 29.4 Å². The van der Waals surface area contributed by atoms with Crippen molar-refractivity contribution in [3.8, 4) is 0 Å². The molecule has 114 valence electrons. The maximum Gasteiger partial charge on any atom is 0.326 e. The van der Waals surface area contributed by atoms with Gasteiger partial charge in [-0.2, -0.15) is 0 Å². The van der Waals surface area contributed by atoms with Gasteiger partial charge in [0.2, 0.25) is 12.3 Å². The normalized spacial score (nSPS) is 11.4. The third-order valence-corrected chi connectivity index (χ3v) is 2.59. The van der Waals surface area contributed by atoms with Gasteiger partial charge in [-0.25, -0.2) is 4.79 Å². The lowest BCUT2D eigenvalue weighted by molar-refractivity contribution is -0.143. The fraction of sp³-hybridized carbons (Fsp3) is 0.667. The fourth-order valence-electron chi connectivity index (χ4n) is 1.54. The van der Waals surface area contributed by atoms with Crippen LogP contribution >= 0.6 is 0 Å². The van der Waals surface area contributed by atoms with Crippen molar-refractivity contribution in [2.24, 2.45) is 0 Å². The van der Waals surface area contributed by atoms with Gasteiger partial charge in [-0.15, -0.1) is 0 Å². The van der Waals surface area contributed by atoms with Crippen molar-refractivity contribution in [3.05, 3.63) is 0 Å². The van der Waals surface area contributed by atoms with Crippen LogP contribution in [0.3, 0.4) is 0 Å². The topological polar surface area (TPSA) is 133 Å². The van der Waals surface area contributed by atoms with Gasteiger partial charge in [0.1, 0.15) is 6.04 Å². The van der Waals surface area contributed by atoms with E-state index >= 15 is 0 Å². The number of unbranched alkanes of at least 4 members (excludes halogenated alkanes) is 2. The Bertz CT molecular complexity index is 345. The molecule has 0 spiro atoms. The Morgan fingerprint density at radius 2 is 1.75 bits per heavy atom. The molecule has 0 aromatic heterocycles. The lowest BCUT2D eigenvalue weighted by atomic mass is 10.1. The van der Waals surface area contributed by atoms with Crippen LogP contribution in [-0.2, 0) is 19.2 Å². The third kappa shape index (κ3) is 9.86. The standard InChI is InChI=1S/C12H20N2O6/c15-8-13-7-3-1-2-4-10(16)14-9(12(19)20)5-6-11(17)18/h8-9H,1-7H2,(H,13,15)(H,14,16)(H,17,18)(H,19,20). The highest BCUT2D eigenvalue weighted by Gasteiger charge is 2.20. The molecule has 0 fully saturated rings. The number of rotatable bonds is 12. The Balaban J connectivity index is 3.86. The van der Waals surface area contributed by atoms with Gasteiger partial charge < -0.3 is 20.8 Å². The van der Waals surface area contributed by atoms with Crippen LogP contribution in [0.4, 0.5) is 0 Å². The first-order chi connectivity index (χ1) is 9.47. The number of aliphatic carboxylic acids is 2. The quantitative estimate of drug-likeness (QED) is 0.288. The van der Waals surface area contributed by atoms with E-state index < -0.39 is 23.9 Å². The van der Waals surface area contributed by atoms with Crippen LogP contribution in [0.5, 0.6) is 0 Å². The Kier molecular flexibility index (Phi) is 9.63. The Labute approximate surface area is 116 Å². The van der Waals surface area contributed by atoms with Crippen molar-refractivity contribution in [2.75, 3.05) is 6.54 Å². The van der Waals surface area contributed by atoms with Crippen molar-refractivity contribution in [1.29, 1.82) is 0 Å². The van der Waals surface area contributed by atoms with Crippen LogP contribution in [0.25, 0.3) is 0 Å². The summed E-state index contributed by atoms with van der Waals surface area (Å²) in [6.07, 6.45) is 2.39. The lowest BCUT2D eigenvalue weighted by Gasteiger charge is -2.13. The molecule has 1 atom stereocenters. The van der Waals surface area contributed by atoms with Crippen molar-refractivity contribution in [2.45, 2.75) is 44.6 Å². The van der Waals surface area contributed by atoms with E-state index in [0.717, 1.165) is 12.8 Å². The molecule has 0 aliphatic carbocycles. The number of carboxylic acids is 2. The van der Waals surface area contributed by atoms with Crippen LogP contribution in [0.1, 0.15) is 38.5 Å². The molecule has 0 aliphatic rings. The highest BCUT2D eigenvalue weighted by atomic mass is 16.4. The van der Waals surface area contributed by atoms with Gasteiger partial charge in [-0.3, -0.25) is 14.4 Å². The number of carbonyl (C=O) groups excluding carboxylic acids is 2. The van der Waals surface area contributed by atoms with Gasteiger partial charge >= 0.3 is 11.9 Å². The molecule has 2 amide bonds. The average molecular weight is 288 g/mol. The Morgan fingerprint density at radius 3 is 2.30 bits per heavy atom. The smallest absolute Gasteiger partial charge is 0.326 e. The van der Waals surface area contributed by atoms with Crippen LogP contribution < -0.4 is 10.6 Å². The van der Waals surface area contributed by atoms with Gasteiger partial charge in [0.15, 0.2) is 0 Å². The monoisotopic (exact) mass is 288 g/mol. The van der Waals surface area contributed by atoms with E-state index in [1.54, 1.807) is 0 Å². The summed E-state index contributed by atoms with van der Waals surface area (Å²) in [5.74, 6) is -2.76. The van der Waals surface area contributed by atoms with E-state index in [9.17, 15) is 19.2 Å².